The average Bonchev–Trinajstić information content (AvgIpc) is 2.35. The fourth-order valence-corrected chi connectivity index (χ4v) is 2.11. The molecule has 0 aliphatic rings. The van der Waals surface area contributed by atoms with Gasteiger partial charge in [-0.25, -0.2) is 4.79 Å². The molecule has 4 nitrogen and oxygen atoms in total. The van der Waals surface area contributed by atoms with Crippen molar-refractivity contribution in [2.24, 2.45) is 0 Å². The Morgan fingerprint density at radius 3 is 1.95 bits per heavy atom. The fourth-order valence-electron chi connectivity index (χ4n) is 2.11. The van der Waals surface area contributed by atoms with Crippen molar-refractivity contribution >= 4 is 5.91 Å². The van der Waals surface area contributed by atoms with Gasteiger partial charge < -0.3 is 9.22 Å². The third-order valence-electron chi connectivity index (χ3n) is 4.34. The lowest BCUT2D eigenvalue weighted by Crippen LogP contribution is -2.49. The lowest BCUT2D eigenvalue weighted by Gasteiger charge is -2.33. The summed E-state index contributed by atoms with van der Waals surface area (Å²) < 4.78 is 7.14. The molecule has 114 valence electrons. The zero-order valence-corrected chi connectivity index (χ0v) is 14.0. The van der Waals surface area contributed by atoms with Crippen molar-refractivity contribution in [3.63, 3.8) is 0 Å². The number of ether oxygens (including phenoxy) is 1. The molecule has 0 spiro atoms. The van der Waals surface area contributed by atoms with Crippen LogP contribution in [-0.4, -0.2) is 75.4 Å². The van der Waals surface area contributed by atoms with E-state index in [9.17, 15) is 4.79 Å². The Labute approximate surface area is 119 Å². The van der Waals surface area contributed by atoms with E-state index < -0.39 is 0 Å². The van der Waals surface area contributed by atoms with Gasteiger partial charge in [-0.1, -0.05) is 6.92 Å². The van der Waals surface area contributed by atoms with Gasteiger partial charge in [0.25, 0.3) is 0 Å². The summed E-state index contributed by atoms with van der Waals surface area (Å²) in [5.41, 5.74) is 0. The molecule has 4 heteroatoms. The predicted octanol–water partition coefficient (Wildman–Crippen LogP) is 1.89. The number of nitrogens with zero attached hydrogens (tertiary/aromatic N) is 2. The van der Waals surface area contributed by atoms with Gasteiger partial charge in [-0.3, -0.25) is 4.48 Å². The molecular weight excluding hydrogens is 240 g/mol. The molecule has 0 rings (SSSR count). The minimum Gasteiger partial charge on any atom is -0.375 e. The van der Waals surface area contributed by atoms with Gasteiger partial charge in [-0.15, -0.1) is 0 Å². The molecule has 0 saturated heterocycles. The number of hydrogen-bond donors (Lipinski definition) is 0. The van der Waals surface area contributed by atoms with Crippen LogP contribution in [0, 0.1) is 0 Å². The van der Waals surface area contributed by atoms with E-state index in [-0.39, 0.29) is 5.91 Å². The zero-order valence-electron chi connectivity index (χ0n) is 14.0. The van der Waals surface area contributed by atoms with Crippen LogP contribution in [0.15, 0.2) is 0 Å². The summed E-state index contributed by atoms with van der Waals surface area (Å²) in [5.74, 6) is 0.281. The van der Waals surface area contributed by atoms with Crippen LogP contribution in [0.5, 0.6) is 0 Å². The summed E-state index contributed by atoms with van der Waals surface area (Å²) in [7, 11) is 8.56. The number of quaternary nitrogens is 2. The molecular formula is C15H34N2O2+2. The first-order chi connectivity index (χ1) is 8.71. The second kappa shape index (κ2) is 7.98. The highest BCUT2D eigenvalue weighted by Crippen LogP contribution is 2.09. The van der Waals surface area contributed by atoms with Crippen molar-refractivity contribution in [3.05, 3.63) is 0 Å². The molecule has 0 aliphatic carbocycles. The number of carbonyl (C=O) groups excluding carboxylic acids is 1. The lowest BCUT2D eigenvalue weighted by molar-refractivity contribution is -0.896. The Morgan fingerprint density at radius 1 is 1.05 bits per heavy atom. The van der Waals surface area contributed by atoms with Crippen molar-refractivity contribution in [1.29, 1.82) is 0 Å². The number of carbonyl (C=O) groups is 1. The van der Waals surface area contributed by atoms with Gasteiger partial charge in [0.1, 0.15) is 6.04 Å². The van der Waals surface area contributed by atoms with Crippen LogP contribution in [0.2, 0.25) is 0 Å². The largest absolute Gasteiger partial charge is 0.375 e. The summed E-state index contributed by atoms with van der Waals surface area (Å²) in [6.45, 7) is 9.29. The van der Waals surface area contributed by atoms with Crippen LogP contribution in [0.4, 0.5) is 0 Å². The summed E-state index contributed by atoms with van der Waals surface area (Å²) in [6, 6.07) is 0.494. The molecule has 0 radical (unpaired) electrons. The van der Waals surface area contributed by atoms with Gasteiger partial charge in [-0.2, -0.15) is 0 Å². The summed E-state index contributed by atoms with van der Waals surface area (Å²) in [6.07, 6.45) is 1.61. The zero-order chi connectivity index (χ0) is 15.1. The molecule has 19 heavy (non-hydrogen) atoms. The van der Waals surface area contributed by atoms with Crippen LogP contribution in [0.1, 0.15) is 33.6 Å². The molecule has 1 atom stereocenters. The Kier molecular flexibility index (Phi) is 7.79. The van der Waals surface area contributed by atoms with Gasteiger partial charge in [-0.05, 0) is 20.3 Å². The molecule has 0 fully saturated rings. The quantitative estimate of drug-likeness (QED) is 0.474. The SMILES string of the molecule is CCC(COCCC(=O)[N+](C)(CC)CC)[N+](C)(C)C. The standard InChI is InChI=1S/C15H34N2O2/c1-8-14(16(4,5)6)13-19-12-11-15(18)17(7,9-2)10-3/h14H,8-13H2,1-7H3/q+2. The van der Waals surface area contributed by atoms with E-state index in [1.807, 2.05) is 7.05 Å². The van der Waals surface area contributed by atoms with E-state index in [1.54, 1.807) is 0 Å². The minimum atomic E-state index is 0.281. The first kappa shape index (κ1) is 18.6. The van der Waals surface area contributed by atoms with E-state index in [1.165, 1.54) is 0 Å². The topological polar surface area (TPSA) is 26.3 Å². The van der Waals surface area contributed by atoms with Crippen molar-refractivity contribution in [2.75, 3.05) is 54.5 Å². The fraction of sp³-hybridized carbons (Fsp3) is 0.933. The van der Waals surface area contributed by atoms with Gasteiger partial charge >= 0.3 is 5.91 Å². The van der Waals surface area contributed by atoms with Crippen LogP contribution in [-0.2, 0) is 9.53 Å². The highest BCUT2D eigenvalue weighted by molar-refractivity contribution is 5.68. The van der Waals surface area contributed by atoms with Crippen LogP contribution in [0.3, 0.4) is 0 Å². The summed E-state index contributed by atoms with van der Waals surface area (Å²) in [4.78, 5) is 12.1. The smallest absolute Gasteiger partial charge is 0.315 e. The highest BCUT2D eigenvalue weighted by atomic mass is 16.5. The van der Waals surface area contributed by atoms with Crippen molar-refractivity contribution in [1.82, 2.24) is 0 Å². The maximum atomic E-state index is 12.1. The third-order valence-corrected chi connectivity index (χ3v) is 4.34. The highest BCUT2D eigenvalue weighted by Gasteiger charge is 2.27. The second-order valence-electron chi connectivity index (χ2n) is 6.43. The van der Waals surface area contributed by atoms with Gasteiger partial charge in [0, 0.05) is 0 Å². The van der Waals surface area contributed by atoms with E-state index in [2.05, 4.69) is 41.9 Å². The van der Waals surface area contributed by atoms with E-state index >= 15 is 0 Å². The molecule has 0 aromatic rings. The van der Waals surface area contributed by atoms with Crippen molar-refractivity contribution in [2.45, 2.75) is 39.7 Å². The van der Waals surface area contributed by atoms with E-state index in [0.717, 1.165) is 30.6 Å². The summed E-state index contributed by atoms with van der Waals surface area (Å²) in [5, 5.41) is 0. The maximum absolute atomic E-state index is 12.1. The van der Waals surface area contributed by atoms with Gasteiger partial charge in [0.2, 0.25) is 0 Å². The number of hydrogen-bond acceptors (Lipinski definition) is 2. The maximum Gasteiger partial charge on any atom is 0.315 e. The van der Waals surface area contributed by atoms with E-state index in [4.69, 9.17) is 4.74 Å². The molecule has 0 heterocycles. The normalized spacial score (nSPS) is 14.5. The molecule has 0 aliphatic heterocycles. The van der Waals surface area contributed by atoms with Crippen LogP contribution >= 0.6 is 0 Å². The lowest BCUT2D eigenvalue weighted by atomic mass is 10.2. The average molecular weight is 274 g/mol. The molecule has 0 aromatic heterocycles. The third kappa shape index (κ3) is 6.02. The second-order valence-corrected chi connectivity index (χ2v) is 6.43. The Balaban J connectivity index is 4.08. The van der Waals surface area contributed by atoms with Gasteiger partial charge in [0.05, 0.1) is 60.9 Å². The molecule has 0 bridgehead atoms. The number of likely N-dealkylation sites (N-methyl/N-ethyl adjacent to an activating group) is 1. The molecule has 0 aromatic carbocycles. The van der Waals surface area contributed by atoms with Gasteiger partial charge in [0.15, 0.2) is 0 Å². The molecule has 1 unspecified atom stereocenters. The first-order valence-corrected chi connectivity index (χ1v) is 7.48. The molecule has 1 amide bonds. The van der Waals surface area contributed by atoms with Crippen LogP contribution in [0.25, 0.3) is 0 Å². The Bertz CT molecular complexity index is 268. The summed E-state index contributed by atoms with van der Waals surface area (Å²) >= 11 is 0. The predicted molar refractivity (Wildman–Crippen MR) is 79.8 cm³/mol. The molecule has 0 N–H and O–H groups in total. The monoisotopic (exact) mass is 274 g/mol. The number of amides is 1. The first-order valence-electron chi connectivity index (χ1n) is 7.48. The Hall–Kier alpha value is -0.450. The van der Waals surface area contributed by atoms with Crippen molar-refractivity contribution in [3.8, 4) is 0 Å². The minimum absolute atomic E-state index is 0.281. The number of rotatable bonds is 9. The van der Waals surface area contributed by atoms with E-state index in [0.29, 0.717) is 23.6 Å². The molecule has 0 saturated carbocycles. The Morgan fingerprint density at radius 2 is 1.58 bits per heavy atom. The van der Waals surface area contributed by atoms with Crippen molar-refractivity contribution < 1.29 is 18.5 Å². The van der Waals surface area contributed by atoms with Crippen LogP contribution < -0.4 is 0 Å².